The van der Waals surface area contributed by atoms with Gasteiger partial charge >= 0.3 is 0 Å². The highest BCUT2D eigenvalue weighted by Gasteiger charge is 2.35. The van der Waals surface area contributed by atoms with Gasteiger partial charge in [-0.05, 0) is 86.0 Å². The van der Waals surface area contributed by atoms with Crippen LogP contribution in [0.5, 0.6) is 0 Å². The zero-order valence-corrected chi connectivity index (χ0v) is 33.0. The molecule has 0 atom stereocenters. The van der Waals surface area contributed by atoms with Crippen molar-refractivity contribution >= 4 is 31.5 Å². The van der Waals surface area contributed by atoms with Crippen LogP contribution in [0.4, 0.5) is 0 Å². The number of hydrogen-bond donors (Lipinski definition) is 0. The minimum Gasteiger partial charge on any atom is -0.208 e. The van der Waals surface area contributed by atoms with E-state index in [1.54, 1.807) is 11.3 Å². The quantitative estimate of drug-likeness (QED) is 0.169. The first-order valence-electron chi connectivity index (χ1n) is 19.8. The van der Waals surface area contributed by atoms with E-state index in [-0.39, 0.29) is 5.41 Å². The van der Waals surface area contributed by atoms with Crippen molar-refractivity contribution in [2.75, 3.05) is 0 Å². The van der Waals surface area contributed by atoms with Gasteiger partial charge in [-0.2, -0.15) is 0 Å². The fourth-order valence-electron chi connectivity index (χ4n) is 8.83. The molecule has 2 heterocycles. The van der Waals surface area contributed by atoms with E-state index in [9.17, 15) is 0 Å². The molecule has 0 fully saturated rings. The molecule has 0 aliphatic heterocycles. The predicted molar refractivity (Wildman–Crippen MR) is 243 cm³/mol. The summed E-state index contributed by atoms with van der Waals surface area (Å²) in [7, 11) is 0. The smallest absolute Gasteiger partial charge is 0.165 e. The molecule has 58 heavy (non-hydrogen) atoms. The summed E-state index contributed by atoms with van der Waals surface area (Å²) < 4.78 is 2.42. The van der Waals surface area contributed by atoms with Crippen LogP contribution < -0.4 is 0 Å². The lowest BCUT2D eigenvalue weighted by atomic mass is 9.82. The number of fused-ring (bicyclic) bond motifs is 6. The molecule has 0 N–H and O–H groups in total. The number of rotatable bonds is 6. The maximum Gasteiger partial charge on any atom is 0.165 e. The molecule has 0 saturated heterocycles. The van der Waals surface area contributed by atoms with Crippen LogP contribution in [0.25, 0.3) is 98.8 Å². The summed E-state index contributed by atoms with van der Waals surface area (Å²) in [6.07, 6.45) is 0. The van der Waals surface area contributed by atoms with Gasteiger partial charge in [-0.15, -0.1) is 11.3 Å². The normalized spacial score (nSPS) is 12.8. The number of benzene rings is 8. The minimum absolute atomic E-state index is 0.0183. The average Bonchev–Trinajstić information content (AvgIpc) is 3.78. The lowest BCUT2D eigenvalue weighted by Crippen LogP contribution is -2.14. The molecule has 8 aromatic carbocycles. The highest BCUT2D eigenvalue weighted by atomic mass is 32.1. The maximum absolute atomic E-state index is 5.27. The van der Waals surface area contributed by atoms with E-state index in [0.717, 1.165) is 38.9 Å². The average molecular weight is 760 g/mol. The van der Waals surface area contributed by atoms with Gasteiger partial charge in [0.05, 0.1) is 0 Å². The minimum atomic E-state index is -0.0183. The Balaban J connectivity index is 1.04. The molecule has 1 aliphatic carbocycles. The lowest BCUT2D eigenvalue weighted by Gasteiger charge is -2.21. The largest absolute Gasteiger partial charge is 0.208 e. The number of aromatic nitrogens is 3. The molecule has 274 valence electrons. The Bertz CT molecular complexity index is 3210. The molecule has 1 aliphatic rings. The molecule has 3 nitrogen and oxygen atoms in total. The van der Waals surface area contributed by atoms with Crippen molar-refractivity contribution in [2.45, 2.75) is 19.3 Å². The molecule has 0 bridgehead atoms. The summed E-state index contributed by atoms with van der Waals surface area (Å²) in [5, 5.41) is 2.46. The van der Waals surface area contributed by atoms with Gasteiger partial charge in [-0.3, -0.25) is 0 Å². The summed E-state index contributed by atoms with van der Waals surface area (Å²) in [5.74, 6) is 1.94. The predicted octanol–water partition coefficient (Wildman–Crippen LogP) is 14.5. The standard InChI is InChI=1S/C54H37N3S/c1-54(2)47-27-10-8-22-41(47)46-33-38(29-30-48(46)54)36-18-12-17-35(31-36)37-19-13-20-39(32-37)51-55-52(44-24-7-6-21-40(44)34-15-4-3-5-16-34)57-53(56-51)45-26-14-25-43-42-23-9-11-28-49(42)58-50(43)45/h3-33H,1-2H3. The Morgan fingerprint density at radius 1 is 0.345 bits per heavy atom. The fourth-order valence-corrected chi connectivity index (χ4v) is 10.0. The van der Waals surface area contributed by atoms with Gasteiger partial charge in [0.15, 0.2) is 17.5 Å². The molecule has 0 radical (unpaired) electrons. The molecule has 10 aromatic rings. The van der Waals surface area contributed by atoms with Crippen molar-refractivity contribution in [1.82, 2.24) is 15.0 Å². The van der Waals surface area contributed by atoms with Crippen LogP contribution in [0, 0.1) is 0 Å². The van der Waals surface area contributed by atoms with Gasteiger partial charge in [0.1, 0.15) is 0 Å². The maximum atomic E-state index is 5.27. The second-order valence-electron chi connectivity index (χ2n) is 15.6. The van der Waals surface area contributed by atoms with Crippen molar-refractivity contribution in [3.05, 3.63) is 199 Å². The Kier molecular flexibility index (Phi) is 8.02. The monoisotopic (exact) mass is 759 g/mol. The van der Waals surface area contributed by atoms with Gasteiger partial charge in [0.25, 0.3) is 0 Å². The molecule has 0 saturated carbocycles. The molecule has 0 spiro atoms. The topological polar surface area (TPSA) is 38.7 Å². The van der Waals surface area contributed by atoms with Crippen LogP contribution in [0.2, 0.25) is 0 Å². The van der Waals surface area contributed by atoms with Crippen LogP contribution in [0.3, 0.4) is 0 Å². The summed E-state index contributed by atoms with van der Waals surface area (Å²) in [5.41, 5.74) is 15.2. The Labute approximate surface area is 342 Å². The Hall–Kier alpha value is -7.01. The third-order valence-corrected chi connectivity index (χ3v) is 13.0. The van der Waals surface area contributed by atoms with Gasteiger partial charge < -0.3 is 0 Å². The Morgan fingerprint density at radius 3 is 1.66 bits per heavy atom. The summed E-state index contributed by atoms with van der Waals surface area (Å²) in [6.45, 7) is 4.66. The van der Waals surface area contributed by atoms with E-state index in [0.29, 0.717) is 17.5 Å². The van der Waals surface area contributed by atoms with E-state index in [1.807, 2.05) is 6.07 Å². The number of nitrogens with zero attached hydrogens (tertiary/aromatic N) is 3. The van der Waals surface area contributed by atoms with E-state index < -0.39 is 0 Å². The van der Waals surface area contributed by atoms with Gasteiger partial charge in [0, 0.05) is 42.3 Å². The Morgan fingerprint density at radius 2 is 0.862 bits per heavy atom. The molecular weight excluding hydrogens is 723 g/mol. The zero-order chi connectivity index (χ0) is 38.8. The highest BCUT2D eigenvalue weighted by Crippen LogP contribution is 2.49. The second kappa shape index (κ2) is 13.6. The van der Waals surface area contributed by atoms with Crippen LogP contribution in [0.15, 0.2) is 188 Å². The lowest BCUT2D eigenvalue weighted by molar-refractivity contribution is 0.660. The molecule has 4 heteroatoms. The number of hydrogen-bond acceptors (Lipinski definition) is 4. The third-order valence-electron chi connectivity index (χ3n) is 11.8. The van der Waals surface area contributed by atoms with E-state index >= 15 is 0 Å². The summed E-state index contributed by atoms with van der Waals surface area (Å²) in [6, 6.07) is 67.2. The van der Waals surface area contributed by atoms with Crippen LogP contribution >= 0.6 is 11.3 Å². The van der Waals surface area contributed by atoms with Crippen molar-refractivity contribution in [2.24, 2.45) is 0 Å². The SMILES string of the molecule is CC1(C)c2ccccc2-c2cc(-c3cccc(-c4cccc(-c5nc(-c6ccccc6-c6ccccc6)nc(-c6cccc7c6sc6ccccc67)n5)c4)c3)ccc21. The van der Waals surface area contributed by atoms with Crippen LogP contribution in [0.1, 0.15) is 25.0 Å². The van der Waals surface area contributed by atoms with Crippen LogP contribution in [-0.4, -0.2) is 15.0 Å². The summed E-state index contributed by atoms with van der Waals surface area (Å²) >= 11 is 1.79. The zero-order valence-electron chi connectivity index (χ0n) is 32.1. The van der Waals surface area contributed by atoms with Crippen LogP contribution in [-0.2, 0) is 5.41 Å². The van der Waals surface area contributed by atoms with Gasteiger partial charge in [0.2, 0.25) is 0 Å². The first kappa shape index (κ1) is 34.3. The summed E-state index contributed by atoms with van der Waals surface area (Å²) in [4.78, 5) is 15.8. The van der Waals surface area contributed by atoms with E-state index in [1.165, 1.54) is 53.6 Å². The first-order valence-corrected chi connectivity index (χ1v) is 20.6. The molecular formula is C54H37N3S. The highest BCUT2D eigenvalue weighted by molar-refractivity contribution is 7.26. The molecule has 11 rings (SSSR count). The first-order chi connectivity index (χ1) is 28.5. The van der Waals surface area contributed by atoms with E-state index in [2.05, 4.69) is 196 Å². The van der Waals surface area contributed by atoms with Gasteiger partial charge in [-0.25, -0.2) is 15.0 Å². The van der Waals surface area contributed by atoms with Crippen molar-refractivity contribution in [3.8, 4) is 78.7 Å². The fraction of sp³-hybridized carbons (Fsp3) is 0.0556. The van der Waals surface area contributed by atoms with E-state index in [4.69, 9.17) is 15.0 Å². The van der Waals surface area contributed by atoms with Crippen molar-refractivity contribution < 1.29 is 0 Å². The second-order valence-corrected chi connectivity index (χ2v) is 16.6. The van der Waals surface area contributed by atoms with Gasteiger partial charge in [-0.1, -0.05) is 172 Å². The van der Waals surface area contributed by atoms with Crippen molar-refractivity contribution in [1.29, 1.82) is 0 Å². The third kappa shape index (κ3) is 5.68. The molecule has 2 aromatic heterocycles. The molecule has 0 amide bonds. The number of thiophene rings is 1. The molecule has 0 unspecified atom stereocenters. The van der Waals surface area contributed by atoms with Crippen molar-refractivity contribution in [3.63, 3.8) is 0 Å².